The quantitative estimate of drug-likeness (QED) is 0.893. The number of fused-ring (bicyclic) bond motifs is 1. The number of piperidine rings is 1. The Bertz CT molecular complexity index is 692. The molecule has 2 aromatic heterocycles. The average Bonchev–Trinajstić information content (AvgIpc) is 3.30. The maximum Gasteiger partial charge on any atom is 0.249 e. The standard InChI is InChI=1S/C19H23N3O2S/c23-19(21-10-16-3-1-2-6-20-16)17-9-15-4-7-22(12-18(15)24-17)11-14-5-8-25-13-14/h1-3,5-6,8,13,15,17-18H,4,7,9-12H2,(H,21,23)/t15-,17-,18-/m0/s1. The highest BCUT2D eigenvalue weighted by Gasteiger charge is 2.41. The molecule has 0 saturated carbocycles. The van der Waals surface area contributed by atoms with E-state index in [1.54, 1.807) is 17.5 Å². The predicted molar refractivity (Wildman–Crippen MR) is 97.1 cm³/mol. The van der Waals surface area contributed by atoms with Crippen LogP contribution in [0, 0.1) is 5.92 Å². The summed E-state index contributed by atoms with van der Waals surface area (Å²) < 4.78 is 6.09. The predicted octanol–water partition coefficient (Wildman–Crippen LogP) is 2.44. The lowest BCUT2D eigenvalue weighted by molar-refractivity contribution is -0.133. The zero-order chi connectivity index (χ0) is 17.1. The lowest BCUT2D eigenvalue weighted by Gasteiger charge is -2.33. The molecule has 0 unspecified atom stereocenters. The Balaban J connectivity index is 1.28. The molecule has 2 aliphatic rings. The number of carbonyl (C=O) groups excluding carboxylic acids is 1. The first kappa shape index (κ1) is 16.7. The fourth-order valence-electron chi connectivity index (χ4n) is 3.74. The summed E-state index contributed by atoms with van der Waals surface area (Å²) in [4.78, 5) is 19.1. The fourth-order valence-corrected chi connectivity index (χ4v) is 4.40. The zero-order valence-electron chi connectivity index (χ0n) is 14.1. The number of ether oxygens (including phenoxy) is 1. The molecule has 2 aromatic rings. The number of pyridine rings is 1. The number of thiophene rings is 1. The van der Waals surface area contributed by atoms with Gasteiger partial charge in [0.25, 0.3) is 0 Å². The molecular formula is C19H23N3O2S. The van der Waals surface area contributed by atoms with Gasteiger partial charge in [-0.2, -0.15) is 11.3 Å². The number of likely N-dealkylation sites (tertiary alicyclic amines) is 1. The van der Waals surface area contributed by atoms with Crippen LogP contribution in [0.25, 0.3) is 0 Å². The van der Waals surface area contributed by atoms with Gasteiger partial charge in [0, 0.05) is 19.3 Å². The number of amides is 1. The van der Waals surface area contributed by atoms with Gasteiger partial charge in [0.15, 0.2) is 0 Å². The first-order chi connectivity index (χ1) is 12.3. The summed E-state index contributed by atoms with van der Waals surface area (Å²) in [6, 6.07) is 7.90. The van der Waals surface area contributed by atoms with Gasteiger partial charge in [0.1, 0.15) is 6.10 Å². The van der Waals surface area contributed by atoms with Gasteiger partial charge < -0.3 is 10.1 Å². The van der Waals surface area contributed by atoms with Crippen LogP contribution in [-0.2, 0) is 22.6 Å². The molecule has 4 rings (SSSR count). The van der Waals surface area contributed by atoms with Crippen LogP contribution in [0.5, 0.6) is 0 Å². The maximum absolute atomic E-state index is 12.4. The van der Waals surface area contributed by atoms with Crippen molar-refractivity contribution in [1.82, 2.24) is 15.2 Å². The monoisotopic (exact) mass is 357 g/mol. The van der Waals surface area contributed by atoms with Crippen LogP contribution in [0.1, 0.15) is 24.1 Å². The van der Waals surface area contributed by atoms with E-state index in [0.29, 0.717) is 12.5 Å². The molecule has 5 nitrogen and oxygen atoms in total. The second-order valence-corrected chi connectivity index (χ2v) is 7.63. The molecule has 0 aromatic carbocycles. The van der Waals surface area contributed by atoms with Gasteiger partial charge in [-0.25, -0.2) is 0 Å². The Kier molecular flexibility index (Phi) is 5.10. The molecule has 2 fully saturated rings. The maximum atomic E-state index is 12.4. The summed E-state index contributed by atoms with van der Waals surface area (Å²) in [6.45, 7) is 3.44. The number of hydrogen-bond donors (Lipinski definition) is 1. The van der Waals surface area contributed by atoms with Crippen molar-refractivity contribution in [2.75, 3.05) is 13.1 Å². The van der Waals surface area contributed by atoms with Gasteiger partial charge in [-0.1, -0.05) is 6.07 Å². The molecule has 6 heteroatoms. The SMILES string of the molecule is O=C(NCc1ccccn1)[C@@H]1C[C@@H]2CCN(Cc3ccsc3)C[C@@H]2O1. The van der Waals surface area contributed by atoms with Gasteiger partial charge in [-0.3, -0.25) is 14.7 Å². The molecule has 25 heavy (non-hydrogen) atoms. The van der Waals surface area contributed by atoms with Gasteiger partial charge in [-0.15, -0.1) is 0 Å². The number of hydrogen-bond acceptors (Lipinski definition) is 5. The summed E-state index contributed by atoms with van der Waals surface area (Å²) in [5.74, 6) is 0.494. The molecule has 2 saturated heterocycles. The van der Waals surface area contributed by atoms with Crippen LogP contribution >= 0.6 is 11.3 Å². The third-order valence-electron chi connectivity index (χ3n) is 5.08. The third-order valence-corrected chi connectivity index (χ3v) is 5.82. The van der Waals surface area contributed by atoms with E-state index in [0.717, 1.165) is 38.2 Å². The van der Waals surface area contributed by atoms with Crippen molar-refractivity contribution in [2.45, 2.75) is 38.1 Å². The Hall–Kier alpha value is -1.76. The number of nitrogens with one attached hydrogen (secondary N) is 1. The van der Waals surface area contributed by atoms with Crippen molar-refractivity contribution < 1.29 is 9.53 Å². The fraction of sp³-hybridized carbons (Fsp3) is 0.474. The van der Waals surface area contributed by atoms with E-state index in [1.165, 1.54) is 5.56 Å². The van der Waals surface area contributed by atoms with Gasteiger partial charge in [-0.05, 0) is 59.8 Å². The minimum atomic E-state index is -0.320. The van der Waals surface area contributed by atoms with Gasteiger partial charge in [0.05, 0.1) is 18.3 Å². The molecule has 2 aliphatic heterocycles. The van der Waals surface area contributed by atoms with E-state index in [1.807, 2.05) is 18.2 Å². The van der Waals surface area contributed by atoms with Crippen LogP contribution in [0.3, 0.4) is 0 Å². The molecule has 0 spiro atoms. The molecule has 132 valence electrons. The van der Waals surface area contributed by atoms with Crippen molar-refractivity contribution in [3.05, 3.63) is 52.5 Å². The molecule has 3 atom stereocenters. The Labute approximate surface area is 152 Å². The van der Waals surface area contributed by atoms with Crippen molar-refractivity contribution in [3.63, 3.8) is 0 Å². The second-order valence-electron chi connectivity index (χ2n) is 6.85. The number of nitrogens with zero attached hydrogens (tertiary/aromatic N) is 2. The minimum Gasteiger partial charge on any atom is -0.364 e. The van der Waals surface area contributed by atoms with Crippen LogP contribution in [0.2, 0.25) is 0 Å². The van der Waals surface area contributed by atoms with Crippen molar-refractivity contribution in [2.24, 2.45) is 5.92 Å². The summed E-state index contributed by atoms with van der Waals surface area (Å²) in [6.07, 6.45) is 3.55. The summed E-state index contributed by atoms with van der Waals surface area (Å²) in [5, 5.41) is 7.28. The number of carbonyl (C=O) groups is 1. The molecule has 0 bridgehead atoms. The van der Waals surface area contributed by atoms with Crippen molar-refractivity contribution in [3.8, 4) is 0 Å². The molecular weight excluding hydrogens is 334 g/mol. The van der Waals surface area contributed by atoms with E-state index in [9.17, 15) is 4.79 Å². The molecule has 0 aliphatic carbocycles. The minimum absolute atomic E-state index is 0.00978. The van der Waals surface area contributed by atoms with E-state index < -0.39 is 0 Å². The summed E-state index contributed by atoms with van der Waals surface area (Å²) in [5.41, 5.74) is 2.24. The van der Waals surface area contributed by atoms with Crippen LogP contribution in [-0.4, -0.2) is 41.1 Å². The first-order valence-electron chi connectivity index (χ1n) is 8.84. The molecule has 0 radical (unpaired) electrons. The smallest absolute Gasteiger partial charge is 0.249 e. The number of aromatic nitrogens is 1. The topological polar surface area (TPSA) is 54.5 Å². The largest absolute Gasteiger partial charge is 0.364 e. The number of rotatable bonds is 5. The summed E-state index contributed by atoms with van der Waals surface area (Å²) in [7, 11) is 0. The Morgan fingerprint density at radius 3 is 3.16 bits per heavy atom. The third kappa shape index (κ3) is 4.08. The molecule has 1 N–H and O–H groups in total. The van der Waals surface area contributed by atoms with Crippen molar-refractivity contribution >= 4 is 17.2 Å². The first-order valence-corrected chi connectivity index (χ1v) is 9.79. The van der Waals surface area contributed by atoms with Crippen LogP contribution in [0.15, 0.2) is 41.2 Å². The van der Waals surface area contributed by atoms with E-state index in [-0.39, 0.29) is 18.1 Å². The zero-order valence-corrected chi connectivity index (χ0v) is 15.0. The molecule has 1 amide bonds. The second kappa shape index (κ2) is 7.64. The summed E-state index contributed by atoms with van der Waals surface area (Å²) >= 11 is 1.74. The van der Waals surface area contributed by atoms with Gasteiger partial charge in [0.2, 0.25) is 5.91 Å². The van der Waals surface area contributed by atoms with E-state index in [2.05, 4.69) is 32.0 Å². The average molecular weight is 357 g/mol. The highest BCUT2D eigenvalue weighted by Crippen LogP contribution is 2.33. The Morgan fingerprint density at radius 2 is 2.36 bits per heavy atom. The van der Waals surface area contributed by atoms with E-state index in [4.69, 9.17) is 4.74 Å². The lowest BCUT2D eigenvalue weighted by atomic mass is 9.91. The van der Waals surface area contributed by atoms with Gasteiger partial charge >= 0.3 is 0 Å². The van der Waals surface area contributed by atoms with E-state index >= 15 is 0 Å². The normalized spacial score (nSPS) is 26.3. The molecule has 4 heterocycles. The lowest BCUT2D eigenvalue weighted by Crippen LogP contribution is -2.42. The van der Waals surface area contributed by atoms with Crippen LogP contribution < -0.4 is 5.32 Å². The highest BCUT2D eigenvalue weighted by atomic mass is 32.1. The highest BCUT2D eigenvalue weighted by molar-refractivity contribution is 7.07. The van der Waals surface area contributed by atoms with Crippen LogP contribution in [0.4, 0.5) is 0 Å². The Morgan fingerprint density at radius 1 is 1.40 bits per heavy atom. The van der Waals surface area contributed by atoms with Crippen molar-refractivity contribution in [1.29, 1.82) is 0 Å².